The lowest BCUT2D eigenvalue weighted by molar-refractivity contribution is -0.119. The van der Waals surface area contributed by atoms with Gasteiger partial charge >= 0.3 is 0 Å². The summed E-state index contributed by atoms with van der Waals surface area (Å²) in [6.07, 6.45) is 0. The Morgan fingerprint density at radius 3 is 2.64 bits per heavy atom. The number of likely N-dealkylation sites (N-methyl/N-ethyl adjacent to an activating group) is 1. The molecule has 1 aliphatic heterocycles. The smallest absolute Gasteiger partial charge is 0.254 e. The van der Waals surface area contributed by atoms with Gasteiger partial charge in [0.05, 0.1) is 12.0 Å². The summed E-state index contributed by atoms with van der Waals surface area (Å²) >= 11 is 5.02. The highest BCUT2D eigenvalue weighted by Crippen LogP contribution is 2.43. The number of rotatable bonds is 3. The van der Waals surface area contributed by atoms with Gasteiger partial charge in [0.15, 0.2) is 0 Å². The second kappa shape index (κ2) is 7.53. The molecule has 1 aliphatic rings. The zero-order valence-electron chi connectivity index (χ0n) is 15.5. The highest BCUT2D eigenvalue weighted by atomic mass is 79.9. The van der Waals surface area contributed by atoms with Gasteiger partial charge in [0, 0.05) is 27.6 Å². The molecule has 1 N–H and O–H groups in total. The van der Waals surface area contributed by atoms with E-state index in [-0.39, 0.29) is 17.9 Å². The lowest BCUT2D eigenvalue weighted by Crippen LogP contribution is -2.43. The lowest BCUT2D eigenvalue weighted by atomic mass is 9.81. The normalized spacial score (nSPS) is 18.7. The van der Waals surface area contributed by atoms with E-state index in [0.29, 0.717) is 5.56 Å². The fourth-order valence-corrected chi connectivity index (χ4v) is 5.13. The van der Waals surface area contributed by atoms with Gasteiger partial charge in [0.25, 0.3) is 5.91 Å². The van der Waals surface area contributed by atoms with Crippen LogP contribution < -0.4 is 5.32 Å². The molecule has 2 amide bonds. The van der Waals surface area contributed by atoms with Gasteiger partial charge in [0.1, 0.15) is 0 Å². The van der Waals surface area contributed by atoms with E-state index < -0.39 is 5.92 Å². The molecular weight excluding hydrogens is 436 g/mol. The Balaban J connectivity index is 1.79. The number of halogens is 1. The summed E-state index contributed by atoms with van der Waals surface area (Å²) in [5.74, 6) is -0.658. The van der Waals surface area contributed by atoms with Crippen LogP contribution in [0.5, 0.6) is 0 Å². The first-order chi connectivity index (χ1) is 13.5. The third-order valence-electron chi connectivity index (χ3n) is 5.14. The number of amides is 2. The van der Waals surface area contributed by atoms with Gasteiger partial charge in [-0.25, -0.2) is 0 Å². The summed E-state index contributed by atoms with van der Waals surface area (Å²) in [4.78, 5) is 29.1. The molecule has 0 saturated carbocycles. The Hall–Kier alpha value is -2.44. The highest BCUT2D eigenvalue weighted by Gasteiger charge is 2.43. The summed E-state index contributed by atoms with van der Waals surface area (Å²) < 4.78 is 0.966. The topological polar surface area (TPSA) is 49.4 Å². The van der Waals surface area contributed by atoms with E-state index in [4.69, 9.17) is 0 Å². The standard InChI is InChI=1S/C22H19BrN2O2S/c1-13-12-14(23)9-10-17(13)24-21(26)19-15-6-3-4-7-16(15)22(27)25(2)20(19)18-8-5-11-28-18/h3-12,19-20H,1-2H3,(H,24,26)/t19-,20-/m1/s1. The van der Waals surface area contributed by atoms with Crippen LogP contribution in [0.25, 0.3) is 0 Å². The molecule has 0 unspecified atom stereocenters. The number of nitrogens with one attached hydrogen (secondary N) is 1. The molecule has 0 radical (unpaired) electrons. The van der Waals surface area contributed by atoms with Crippen molar-refractivity contribution < 1.29 is 9.59 Å². The summed E-state index contributed by atoms with van der Waals surface area (Å²) in [7, 11) is 1.77. The molecule has 4 nitrogen and oxygen atoms in total. The van der Waals surface area contributed by atoms with E-state index in [2.05, 4.69) is 21.2 Å². The van der Waals surface area contributed by atoms with Crippen molar-refractivity contribution in [3.63, 3.8) is 0 Å². The van der Waals surface area contributed by atoms with E-state index in [9.17, 15) is 9.59 Å². The summed E-state index contributed by atoms with van der Waals surface area (Å²) in [5.41, 5.74) is 3.11. The Bertz CT molecular complexity index is 1050. The average Bonchev–Trinajstić information content (AvgIpc) is 3.21. The van der Waals surface area contributed by atoms with Gasteiger partial charge in [-0.3, -0.25) is 9.59 Å². The number of fused-ring (bicyclic) bond motifs is 1. The van der Waals surface area contributed by atoms with E-state index >= 15 is 0 Å². The SMILES string of the molecule is Cc1cc(Br)ccc1NC(=O)[C@@H]1c2ccccc2C(=O)N(C)[C@@H]1c1cccs1. The molecule has 0 bridgehead atoms. The zero-order chi connectivity index (χ0) is 19.8. The minimum atomic E-state index is -0.486. The molecule has 4 rings (SSSR count). The maximum Gasteiger partial charge on any atom is 0.254 e. The fraction of sp³-hybridized carbons (Fsp3) is 0.182. The van der Waals surface area contributed by atoms with Crippen molar-refractivity contribution in [2.24, 2.45) is 0 Å². The molecule has 0 aliphatic carbocycles. The van der Waals surface area contributed by atoms with Gasteiger partial charge in [-0.05, 0) is 53.8 Å². The second-order valence-electron chi connectivity index (χ2n) is 6.89. The zero-order valence-corrected chi connectivity index (χ0v) is 17.9. The number of hydrogen-bond acceptors (Lipinski definition) is 3. The number of anilines is 1. The third kappa shape index (κ3) is 3.27. The van der Waals surface area contributed by atoms with Crippen LogP contribution in [0.1, 0.15) is 38.3 Å². The Labute approximate surface area is 176 Å². The van der Waals surface area contributed by atoms with E-state index in [1.165, 1.54) is 0 Å². The van der Waals surface area contributed by atoms with Crippen LogP contribution in [-0.2, 0) is 4.79 Å². The Morgan fingerprint density at radius 1 is 1.14 bits per heavy atom. The Morgan fingerprint density at radius 2 is 1.93 bits per heavy atom. The average molecular weight is 455 g/mol. The van der Waals surface area contributed by atoms with Crippen LogP contribution in [0.2, 0.25) is 0 Å². The second-order valence-corrected chi connectivity index (χ2v) is 8.78. The monoisotopic (exact) mass is 454 g/mol. The van der Waals surface area contributed by atoms with Gasteiger partial charge < -0.3 is 10.2 Å². The molecule has 2 aromatic carbocycles. The summed E-state index contributed by atoms with van der Waals surface area (Å²) in [6, 6.07) is 16.8. The molecule has 0 spiro atoms. The van der Waals surface area contributed by atoms with Gasteiger partial charge in [0.2, 0.25) is 5.91 Å². The van der Waals surface area contributed by atoms with E-state index in [1.54, 1.807) is 29.4 Å². The van der Waals surface area contributed by atoms with Crippen LogP contribution >= 0.6 is 27.3 Å². The minimum Gasteiger partial charge on any atom is -0.333 e. The molecule has 1 aromatic heterocycles. The maximum absolute atomic E-state index is 13.5. The van der Waals surface area contributed by atoms with Crippen molar-refractivity contribution >= 4 is 44.8 Å². The number of carbonyl (C=O) groups is 2. The first kappa shape index (κ1) is 18.9. The van der Waals surface area contributed by atoms with E-state index in [0.717, 1.165) is 26.2 Å². The predicted molar refractivity (Wildman–Crippen MR) is 116 cm³/mol. The van der Waals surface area contributed by atoms with Gasteiger partial charge in [-0.2, -0.15) is 0 Å². The number of nitrogens with zero attached hydrogens (tertiary/aromatic N) is 1. The fourth-order valence-electron chi connectivity index (χ4n) is 3.75. The first-order valence-electron chi connectivity index (χ1n) is 8.94. The molecule has 6 heteroatoms. The molecule has 2 atom stereocenters. The van der Waals surface area contributed by atoms with Crippen LogP contribution in [0, 0.1) is 6.92 Å². The highest BCUT2D eigenvalue weighted by molar-refractivity contribution is 9.10. The van der Waals surface area contributed by atoms with Crippen molar-refractivity contribution in [2.75, 3.05) is 12.4 Å². The minimum absolute atomic E-state index is 0.0575. The maximum atomic E-state index is 13.5. The van der Waals surface area contributed by atoms with Crippen molar-refractivity contribution in [3.05, 3.63) is 86.0 Å². The molecule has 0 fully saturated rings. The van der Waals surface area contributed by atoms with Gasteiger partial charge in [-0.1, -0.05) is 40.2 Å². The molecule has 142 valence electrons. The summed E-state index contributed by atoms with van der Waals surface area (Å²) in [6.45, 7) is 1.96. The number of aryl methyl sites for hydroxylation is 1. The van der Waals surface area contributed by atoms with Crippen LogP contribution in [0.3, 0.4) is 0 Å². The largest absolute Gasteiger partial charge is 0.333 e. The van der Waals surface area contributed by atoms with Crippen LogP contribution in [-0.4, -0.2) is 23.8 Å². The number of benzene rings is 2. The van der Waals surface area contributed by atoms with Gasteiger partial charge in [-0.15, -0.1) is 11.3 Å². The van der Waals surface area contributed by atoms with Crippen molar-refractivity contribution in [3.8, 4) is 0 Å². The lowest BCUT2D eigenvalue weighted by Gasteiger charge is -2.39. The quantitative estimate of drug-likeness (QED) is 0.578. The van der Waals surface area contributed by atoms with Crippen LogP contribution in [0.4, 0.5) is 5.69 Å². The van der Waals surface area contributed by atoms with Crippen LogP contribution in [0.15, 0.2) is 64.5 Å². The predicted octanol–water partition coefficient (Wildman–Crippen LogP) is 5.37. The molecular formula is C22H19BrN2O2S. The molecule has 3 aromatic rings. The first-order valence-corrected chi connectivity index (χ1v) is 10.6. The van der Waals surface area contributed by atoms with E-state index in [1.807, 2.05) is 60.8 Å². The molecule has 28 heavy (non-hydrogen) atoms. The number of hydrogen-bond donors (Lipinski definition) is 1. The number of carbonyl (C=O) groups excluding carboxylic acids is 2. The number of thiophene rings is 1. The molecule has 2 heterocycles. The van der Waals surface area contributed by atoms with Crippen molar-refractivity contribution in [2.45, 2.75) is 18.9 Å². The molecule has 0 saturated heterocycles. The van der Waals surface area contributed by atoms with Crippen molar-refractivity contribution in [1.82, 2.24) is 4.90 Å². The summed E-state index contributed by atoms with van der Waals surface area (Å²) in [5, 5.41) is 5.06. The third-order valence-corrected chi connectivity index (χ3v) is 6.58. The Kier molecular flexibility index (Phi) is 5.08. The van der Waals surface area contributed by atoms with Crippen molar-refractivity contribution in [1.29, 1.82) is 0 Å².